The largest absolute Gasteiger partial charge is 0.0683 e. The first-order valence-corrected chi connectivity index (χ1v) is 17.6. The molecule has 7 aromatic carbocycles. The summed E-state index contributed by atoms with van der Waals surface area (Å²) in [6.07, 6.45) is 0. The molecule has 0 saturated carbocycles. The van der Waals surface area contributed by atoms with Gasteiger partial charge in [0.25, 0.3) is 0 Å². The van der Waals surface area contributed by atoms with E-state index in [9.17, 15) is 0 Å². The van der Waals surface area contributed by atoms with Gasteiger partial charge in [-0.1, -0.05) is 243 Å². The van der Waals surface area contributed by atoms with Crippen LogP contribution in [0.3, 0.4) is 0 Å². The van der Waals surface area contributed by atoms with Gasteiger partial charge in [-0.15, -0.1) is 0 Å². The predicted molar refractivity (Wildman–Crippen MR) is 219 cm³/mol. The highest BCUT2D eigenvalue weighted by atomic mass is 14.0. The Balaban J connectivity index is 0.000000329. The Morgan fingerprint density at radius 2 is 0.417 bits per heavy atom. The average molecular weight is 633 g/mol. The van der Waals surface area contributed by atoms with Gasteiger partial charge in [-0.2, -0.15) is 0 Å². The molecule has 0 unspecified atom stereocenters. The van der Waals surface area contributed by atoms with Crippen LogP contribution in [0, 0.1) is 0 Å². The zero-order chi connectivity index (χ0) is 35.2. The molecule has 0 heteroatoms. The van der Waals surface area contributed by atoms with Crippen LogP contribution in [0.4, 0.5) is 0 Å². The number of benzene rings is 7. The van der Waals surface area contributed by atoms with E-state index >= 15 is 0 Å². The molecule has 0 aromatic heterocycles. The molecule has 0 saturated heterocycles. The van der Waals surface area contributed by atoms with Crippen molar-refractivity contribution in [2.24, 2.45) is 0 Å². The van der Waals surface area contributed by atoms with E-state index in [0.717, 1.165) is 0 Å². The summed E-state index contributed by atoms with van der Waals surface area (Å²) in [6.45, 7) is 16.0. The molecule has 0 heterocycles. The van der Waals surface area contributed by atoms with E-state index in [0.29, 0.717) is 0 Å². The van der Waals surface area contributed by atoms with Crippen molar-refractivity contribution in [3.63, 3.8) is 0 Å². The molecule has 0 aliphatic heterocycles. The SMILES string of the molecule is CC.CC.CC.CC.c1ccc(-c2ccc3ccccc3c2)cc1.c1ccc(-c2ccccc2)cc1.c1ccc(-c2ccccc2)cc1. The molecule has 248 valence electrons. The quantitative estimate of drug-likeness (QED) is 0.182. The lowest BCUT2D eigenvalue weighted by molar-refractivity contribution is 1.50. The first-order chi connectivity index (χ1) is 23.9. The van der Waals surface area contributed by atoms with Gasteiger partial charge >= 0.3 is 0 Å². The normalized spacial score (nSPS) is 8.83. The van der Waals surface area contributed by atoms with Gasteiger partial charge in [-0.25, -0.2) is 0 Å². The first-order valence-electron chi connectivity index (χ1n) is 17.6. The lowest BCUT2D eigenvalue weighted by atomic mass is 10.0. The van der Waals surface area contributed by atoms with Crippen LogP contribution in [0.15, 0.2) is 194 Å². The van der Waals surface area contributed by atoms with Crippen LogP contribution in [0.2, 0.25) is 0 Å². The van der Waals surface area contributed by atoms with E-state index < -0.39 is 0 Å². The van der Waals surface area contributed by atoms with E-state index in [1.807, 2.05) is 85.7 Å². The first kappa shape index (κ1) is 40.8. The van der Waals surface area contributed by atoms with Crippen molar-refractivity contribution in [2.45, 2.75) is 55.4 Å². The molecule has 48 heavy (non-hydrogen) atoms. The third-order valence-electron chi connectivity index (χ3n) is 6.62. The zero-order valence-corrected chi connectivity index (χ0v) is 30.5. The summed E-state index contributed by atoms with van der Waals surface area (Å²) < 4.78 is 0. The van der Waals surface area contributed by atoms with Crippen molar-refractivity contribution >= 4 is 10.8 Å². The van der Waals surface area contributed by atoms with Gasteiger partial charge in [-0.3, -0.25) is 0 Å². The highest BCUT2D eigenvalue weighted by Gasteiger charge is 1.98. The van der Waals surface area contributed by atoms with E-state index in [1.54, 1.807) is 0 Å². The number of rotatable bonds is 3. The molecule has 0 nitrogen and oxygen atoms in total. The van der Waals surface area contributed by atoms with Gasteiger partial charge in [0.1, 0.15) is 0 Å². The summed E-state index contributed by atoms with van der Waals surface area (Å²) in [5.74, 6) is 0. The molecule has 0 fully saturated rings. The number of fused-ring (bicyclic) bond motifs is 1. The molecule has 0 N–H and O–H groups in total. The van der Waals surface area contributed by atoms with E-state index in [4.69, 9.17) is 0 Å². The highest BCUT2D eigenvalue weighted by molar-refractivity contribution is 5.87. The van der Waals surface area contributed by atoms with Gasteiger partial charge in [-0.05, 0) is 50.2 Å². The van der Waals surface area contributed by atoms with Crippen LogP contribution in [-0.2, 0) is 0 Å². The second-order valence-electron chi connectivity index (χ2n) is 9.39. The number of hydrogen-bond acceptors (Lipinski definition) is 0. The molecule has 0 amide bonds. The van der Waals surface area contributed by atoms with Gasteiger partial charge in [0.05, 0.1) is 0 Å². The van der Waals surface area contributed by atoms with E-state index in [1.165, 1.54) is 44.2 Å². The van der Waals surface area contributed by atoms with Crippen LogP contribution in [0.5, 0.6) is 0 Å². The van der Waals surface area contributed by atoms with Gasteiger partial charge in [0.2, 0.25) is 0 Å². The predicted octanol–water partition coefficient (Wildman–Crippen LogP) is 15.3. The van der Waals surface area contributed by atoms with E-state index in [-0.39, 0.29) is 0 Å². The Morgan fingerprint density at radius 1 is 0.188 bits per heavy atom. The lowest BCUT2D eigenvalue weighted by Crippen LogP contribution is -1.77. The smallest absolute Gasteiger partial charge is 0.0178 e. The van der Waals surface area contributed by atoms with Crippen LogP contribution in [0.1, 0.15) is 55.4 Å². The zero-order valence-electron chi connectivity index (χ0n) is 30.5. The van der Waals surface area contributed by atoms with Crippen molar-refractivity contribution in [1.82, 2.24) is 0 Å². The van der Waals surface area contributed by atoms with Gasteiger partial charge in [0, 0.05) is 0 Å². The third-order valence-corrected chi connectivity index (χ3v) is 6.62. The molecule has 0 spiro atoms. The molecule has 0 bridgehead atoms. The third kappa shape index (κ3) is 14.5. The van der Waals surface area contributed by atoms with Crippen molar-refractivity contribution in [3.8, 4) is 33.4 Å². The van der Waals surface area contributed by atoms with Gasteiger partial charge in [0.15, 0.2) is 0 Å². The second-order valence-corrected chi connectivity index (χ2v) is 9.39. The maximum absolute atomic E-state index is 2.24. The Labute approximate surface area is 292 Å². The van der Waals surface area contributed by atoms with Crippen LogP contribution in [0.25, 0.3) is 44.2 Å². The summed E-state index contributed by atoms with van der Waals surface area (Å²) in [6, 6.07) is 67.1. The van der Waals surface area contributed by atoms with Crippen molar-refractivity contribution in [1.29, 1.82) is 0 Å². The standard InChI is InChI=1S/C16H12.2C12H10.4C2H6/c1-2-6-13(7-3-1)16-11-10-14-8-4-5-9-15(14)12-16;2*1-3-7-11(8-4-1)12-9-5-2-6-10-12;4*1-2/h1-12H;2*1-10H;4*1-2H3. The Morgan fingerprint density at radius 3 is 0.708 bits per heavy atom. The van der Waals surface area contributed by atoms with Gasteiger partial charge < -0.3 is 0 Å². The summed E-state index contributed by atoms with van der Waals surface area (Å²) in [7, 11) is 0. The second kappa shape index (κ2) is 27.0. The summed E-state index contributed by atoms with van der Waals surface area (Å²) >= 11 is 0. The van der Waals surface area contributed by atoms with E-state index in [2.05, 4.69) is 164 Å². The van der Waals surface area contributed by atoms with Crippen LogP contribution < -0.4 is 0 Å². The Bertz CT molecular complexity index is 1540. The van der Waals surface area contributed by atoms with Crippen LogP contribution >= 0.6 is 0 Å². The maximum Gasteiger partial charge on any atom is -0.0178 e. The fraction of sp³-hybridized carbons (Fsp3) is 0.167. The minimum absolute atomic E-state index is 1.27. The minimum atomic E-state index is 1.27. The molecular formula is C48H56. The summed E-state index contributed by atoms with van der Waals surface area (Å²) in [5, 5.41) is 2.59. The Kier molecular flexibility index (Phi) is 22.9. The van der Waals surface area contributed by atoms with Crippen molar-refractivity contribution < 1.29 is 0 Å². The van der Waals surface area contributed by atoms with Crippen molar-refractivity contribution in [3.05, 3.63) is 194 Å². The monoisotopic (exact) mass is 632 g/mol. The maximum atomic E-state index is 2.24. The molecule has 0 aliphatic carbocycles. The number of hydrogen-bond donors (Lipinski definition) is 0. The molecule has 0 atom stereocenters. The highest BCUT2D eigenvalue weighted by Crippen LogP contribution is 2.24. The lowest BCUT2D eigenvalue weighted by Gasteiger charge is -2.03. The topological polar surface area (TPSA) is 0 Å². The molecular weight excluding hydrogens is 577 g/mol. The molecule has 7 rings (SSSR count). The fourth-order valence-corrected chi connectivity index (χ4v) is 4.52. The molecule has 0 aliphatic rings. The minimum Gasteiger partial charge on any atom is -0.0683 e. The summed E-state index contributed by atoms with van der Waals surface area (Å²) in [4.78, 5) is 0. The Hall–Kier alpha value is -5.20. The average Bonchev–Trinajstić information content (AvgIpc) is 3.23. The van der Waals surface area contributed by atoms with Crippen molar-refractivity contribution in [2.75, 3.05) is 0 Å². The van der Waals surface area contributed by atoms with Crippen LogP contribution in [-0.4, -0.2) is 0 Å². The molecule has 0 radical (unpaired) electrons. The fourth-order valence-electron chi connectivity index (χ4n) is 4.52. The molecule has 7 aromatic rings. The summed E-state index contributed by atoms with van der Waals surface area (Å²) in [5.41, 5.74) is 7.65.